The van der Waals surface area contributed by atoms with Crippen LogP contribution in [0.3, 0.4) is 0 Å². The number of nitrogens with zero attached hydrogens (tertiary/aromatic N) is 3. The smallest absolute Gasteiger partial charge is 0.244 e. The number of likely N-dealkylation sites (tertiary alicyclic amines) is 1. The van der Waals surface area contributed by atoms with Gasteiger partial charge < -0.3 is 4.52 Å². The first kappa shape index (κ1) is 13.7. The predicted molar refractivity (Wildman–Crippen MR) is 86.4 cm³/mol. The number of aromatic nitrogens is 2. The molecule has 0 amide bonds. The zero-order valence-electron chi connectivity index (χ0n) is 12.2. The lowest BCUT2D eigenvalue weighted by Gasteiger charge is -2.20. The van der Waals surface area contributed by atoms with E-state index < -0.39 is 0 Å². The van der Waals surface area contributed by atoms with Crippen LogP contribution in [-0.4, -0.2) is 21.6 Å². The van der Waals surface area contributed by atoms with E-state index in [1.807, 2.05) is 30.3 Å². The molecule has 3 aromatic rings. The van der Waals surface area contributed by atoms with Crippen LogP contribution >= 0.6 is 11.3 Å². The third kappa shape index (κ3) is 2.69. The summed E-state index contributed by atoms with van der Waals surface area (Å²) in [6.07, 6.45) is 2.26. The first-order valence-electron chi connectivity index (χ1n) is 7.55. The molecule has 4 nitrogen and oxygen atoms in total. The summed E-state index contributed by atoms with van der Waals surface area (Å²) >= 11 is 1.80. The van der Waals surface area contributed by atoms with Gasteiger partial charge in [0.05, 0.1) is 6.04 Å². The van der Waals surface area contributed by atoms with Gasteiger partial charge >= 0.3 is 0 Å². The van der Waals surface area contributed by atoms with E-state index in [0.717, 1.165) is 31.0 Å². The van der Waals surface area contributed by atoms with Crippen molar-refractivity contribution < 1.29 is 4.52 Å². The van der Waals surface area contributed by atoms with Crippen LogP contribution in [0, 0.1) is 0 Å². The van der Waals surface area contributed by atoms with Crippen LogP contribution in [0.15, 0.2) is 52.4 Å². The Morgan fingerprint density at radius 3 is 2.91 bits per heavy atom. The molecule has 1 aliphatic heterocycles. The molecule has 112 valence electrons. The van der Waals surface area contributed by atoms with Gasteiger partial charge in [0.15, 0.2) is 0 Å². The Balaban J connectivity index is 1.55. The van der Waals surface area contributed by atoms with Crippen molar-refractivity contribution in [2.24, 2.45) is 0 Å². The molecule has 3 heterocycles. The van der Waals surface area contributed by atoms with Crippen molar-refractivity contribution >= 4 is 11.3 Å². The van der Waals surface area contributed by atoms with Crippen LogP contribution in [0.25, 0.3) is 11.4 Å². The average Bonchev–Trinajstić information content (AvgIpc) is 3.30. The van der Waals surface area contributed by atoms with Gasteiger partial charge in [0.1, 0.15) is 0 Å². The Morgan fingerprint density at radius 2 is 2.09 bits per heavy atom. The highest BCUT2D eigenvalue weighted by Crippen LogP contribution is 2.33. The van der Waals surface area contributed by atoms with Crippen LogP contribution in [-0.2, 0) is 6.54 Å². The Kier molecular flexibility index (Phi) is 3.74. The maximum Gasteiger partial charge on any atom is 0.244 e. The van der Waals surface area contributed by atoms with Gasteiger partial charge in [-0.05, 0) is 30.8 Å². The fourth-order valence-corrected chi connectivity index (χ4v) is 3.70. The monoisotopic (exact) mass is 311 g/mol. The average molecular weight is 311 g/mol. The quantitative estimate of drug-likeness (QED) is 0.726. The fourth-order valence-electron chi connectivity index (χ4n) is 2.97. The summed E-state index contributed by atoms with van der Waals surface area (Å²) in [4.78, 5) is 8.45. The van der Waals surface area contributed by atoms with Crippen molar-refractivity contribution in [2.75, 3.05) is 6.54 Å². The normalized spacial score (nSPS) is 18.8. The molecule has 5 heteroatoms. The molecule has 1 aliphatic rings. The van der Waals surface area contributed by atoms with Crippen molar-refractivity contribution in [3.8, 4) is 11.4 Å². The molecule has 0 radical (unpaired) electrons. The van der Waals surface area contributed by atoms with Gasteiger partial charge in [0.25, 0.3) is 0 Å². The molecular weight excluding hydrogens is 294 g/mol. The summed E-state index contributed by atoms with van der Waals surface area (Å²) in [6, 6.07) is 14.5. The van der Waals surface area contributed by atoms with E-state index in [9.17, 15) is 0 Å². The first-order valence-corrected chi connectivity index (χ1v) is 8.43. The second-order valence-corrected chi connectivity index (χ2v) is 6.56. The summed E-state index contributed by atoms with van der Waals surface area (Å²) in [5, 5.41) is 6.28. The van der Waals surface area contributed by atoms with Crippen LogP contribution in [0.2, 0.25) is 0 Å². The summed E-state index contributed by atoms with van der Waals surface area (Å²) < 4.78 is 5.55. The van der Waals surface area contributed by atoms with Crippen LogP contribution < -0.4 is 0 Å². The second-order valence-electron chi connectivity index (χ2n) is 5.53. The number of hydrogen-bond acceptors (Lipinski definition) is 5. The van der Waals surface area contributed by atoms with E-state index in [2.05, 4.69) is 32.6 Å². The van der Waals surface area contributed by atoms with Gasteiger partial charge in [-0.15, -0.1) is 11.3 Å². The molecule has 0 saturated carbocycles. The molecular formula is C17H17N3OS. The van der Waals surface area contributed by atoms with Crippen molar-refractivity contribution in [1.29, 1.82) is 0 Å². The maximum atomic E-state index is 5.55. The summed E-state index contributed by atoms with van der Waals surface area (Å²) in [5.74, 6) is 1.42. The van der Waals surface area contributed by atoms with Crippen molar-refractivity contribution in [2.45, 2.75) is 25.4 Å². The number of benzene rings is 1. The minimum absolute atomic E-state index is 0.243. The molecule has 0 bridgehead atoms. The van der Waals surface area contributed by atoms with E-state index in [-0.39, 0.29) is 6.04 Å². The van der Waals surface area contributed by atoms with Gasteiger partial charge in [-0.1, -0.05) is 41.6 Å². The van der Waals surface area contributed by atoms with E-state index in [1.165, 1.54) is 11.3 Å². The fraction of sp³-hybridized carbons (Fsp3) is 0.294. The highest BCUT2D eigenvalue weighted by Gasteiger charge is 2.30. The molecule has 22 heavy (non-hydrogen) atoms. The predicted octanol–water partition coefficient (Wildman–Crippen LogP) is 4.14. The number of thiophene rings is 1. The first-order chi connectivity index (χ1) is 10.9. The Hall–Kier alpha value is -1.98. The zero-order chi connectivity index (χ0) is 14.8. The van der Waals surface area contributed by atoms with Crippen molar-refractivity contribution in [3.05, 3.63) is 58.6 Å². The number of hydrogen-bond donors (Lipinski definition) is 0. The van der Waals surface area contributed by atoms with Gasteiger partial charge in [0, 0.05) is 17.0 Å². The third-order valence-corrected chi connectivity index (χ3v) is 4.92. The SMILES string of the molecule is c1ccc(-c2noc(C3CCCN3Cc3cccs3)n2)cc1. The van der Waals surface area contributed by atoms with E-state index >= 15 is 0 Å². The molecule has 0 aliphatic carbocycles. The minimum atomic E-state index is 0.243. The maximum absolute atomic E-state index is 5.55. The lowest BCUT2D eigenvalue weighted by molar-refractivity contribution is 0.202. The van der Waals surface area contributed by atoms with E-state index in [1.54, 1.807) is 11.3 Å². The van der Waals surface area contributed by atoms with E-state index in [4.69, 9.17) is 4.52 Å². The topological polar surface area (TPSA) is 42.2 Å². The highest BCUT2D eigenvalue weighted by atomic mass is 32.1. The Labute approximate surface area is 133 Å². The Bertz CT molecular complexity index is 723. The van der Waals surface area contributed by atoms with E-state index in [0.29, 0.717) is 5.82 Å². The molecule has 4 rings (SSSR count). The Morgan fingerprint density at radius 1 is 1.18 bits per heavy atom. The molecule has 1 aromatic carbocycles. The van der Waals surface area contributed by atoms with Gasteiger partial charge in [0.2, 0.25) is 11.7 Å². The van der Waals surface area contributed by atoms with Crippen LogP contribution in [0.4, 0.5) is 0 Å². The molecule has 2 aromatic heterocycles. The highest BCUT2D eigenvalue weighted by molar-refractivity contribution is 7.09. The lowest BCUT2D eigenvalue weighted by Crippen LogP contribution is -2.22. The molecule has 0 spiro atoms. The molecule has 1 unspecified atom stereocenters. The molecule has 1 atom stereocenters. The van der Waals surface area contributed by atoms with Gasteiger partial charge in [-0.2, -0.15) is 4.98 Å². The van der Waals surface area contributed by atoms with Crippen LogP contribution in [0.5, 0.6) is 0 Å². The largest absolute Gasteiger partial charge is 0.337 e. The summed E-state index contributed by atoms with van der Waals surface area (Å²) in [5.41, 5.74) is 1.00. The molecule has 1 fully saturated rings. The van der Waals surface area contributed by atoms with Crippen LogP contribution in [0.1, 0.15) is 29.7 Å². The minimum Gasteiger partial charge on any atom is -0.337 e. The molecule has 1 saturated heterocycles. The second kappa shape index (κ2) is 6.02. The summed E-state index contributed by atoms with van der Waals surface area (Å²) in [7, 11) is 0. The zero-order valence-corrected chi connectivity index (χ0v) is 13.0. The molecule has 0 N–H and O–H groups in total. The van der Waals surface area contributed by atoms with Gasteiger partial charge in [-0.25, -0.2) is 0 Å². The number of rotatable bonds is 4. The standard InChI is InChI=1S/C17H17N3OS/c1-2-6-13(7-3-1)16-18-17(21-19-16)15-9-4-10-20(15)12-14-8-5-11-22-14/h1-3,5-8,11,15H,4,9-10,12H2. The van der Waals surface area contributed by atoms with Gasteiger partial charge in [-0.3, -0.25) is 4.90 Å². The van der Waals surface area contributed by atoms with Crippen molar-refractivity contribution in [3.63, 3.8) is 0 Å². The lowest BCUT2D eigenvalue weighted by atomic mass is 10.2. The third-order valence-electron chi connectivity index (χ3n) is 4.06. The summed E-state index contributed by atoms with van der Waals surface area (Å²) in [6.45, 7) is 2.05. The van der Waals surface area contributed by atoms with Crippen molar-refractivity contribution in [1.82, 2.24) is 15.0 Å².